The lowest BCUT2D eigenvalue weighted by Gasteiger charge is -2.24. The van der Waals surface area contributed by atoms with E-state index in [1.807, 2.05) is 19.9 Å². The number of nitrogens with one attached hydrogen (secondary N) is 1. The van der Waals surface area contributed by atoms with Crippen LogP contribution in [-0.2, 0) is 21.4 Å². The highest BCUT2D eigenvalue weighted by Crippen LogP contribution is 2.29. The Balaban J connectivity index is 1.79. The minimum absolute atomic E-state index is 0.0885. The van der Waals surface area contributed by atoms with Crippen LogP contribution in [0.3, 0.4) is 0 Å². The average Bonchev–Trinajstić information content (AvgIpc) is 2.84. The van der Waals surface area contributed by atoms with Crippen molar-refractivity contribution in [1.82, 2.24) is 5.32 Å². The second-order valence-corrected chi connectivity index (χ2v) is 9.52. The highest BCUT2D eigenvalue weighted by molar-refractivity contribution is 7.92. The molecule has 0 saturated carbocycles. The fourth-order valence-electron chi connectivity index (χ4n) is 3.23. The predicted octanol–water partition coefficient (Wildman–Crippen LogP) is 4.65. The maximum Gasteiger partial charge on any atom is 0.264 e. The summed E-state index contributed by atoms with van der Waals surface area (Å²) in [6.45, 7) is 4.55. The first-order valence-corrected chi connectivity index (χ1v) is 12.7. The van der Waals surface area contributed by atoms with Gasteiger partial charge in [-0.2, -0.15) is 0 Å². The number of benzene rings is 3. The summed E-state index contributed by atoms with van der Waals surface area (Å²) < 4.78 is 38.9. The SMILES string of the molecule is CCOc1ccc(CNC(=O)CN(c2ccc(Cl)cc2)S(=O)(=O)c2ccccc2)cc1OCC. The van der Waals surface area contributed by atoms with Gasteiger partial charge in [0.15, 0.2) is 11.5 Å². The van der Waals surface area contributed by atoms with Crippen LogP contribution >= 0.6 is 11.6 Å². The molecule has 0 saturated heterocycles. The first-order valence-electron chi connectivity index (χ1n) is 10.8. The minimum Gasteiger partial charge on any atom is -0.490 e. The molecule has 0 radical (unpaired) electrons. The molecule has 3 aromatic rings. The molecule has 0 aromatic heterocycles. The van der Waals surface area contributed by atoms with Gasteiger partial charge in [0.2, 0.25) is 5.91 Å². The first kappa shape index (κ1) is 25.4. The number of hydrogen-bond donors (Lipinski definition) is 1. The second kappa shape index (κ2) is 11.8. The van der Waals surface area contributed by atoms with Gasteiger partial charge in [-0.3, -0.25) is 9.10 Å². The standard InChI is InChI=1S/C25H27ClN2O5S/c1-3-32-23-15-10-19(16-24(23)33-4-2)17-27-25(29)18-28(21-13-11-20(26)12-14-21)34(30,31)22-8-6-5-7-9-22/h5-16H,3-4,17-18H2,1-2H3,(H,27,29). The Morgan fingerprint density at radius 1 is 0.912 bits per heavy atom. The zero-order chi connectivity index (χ0) is 24.6. The molecule has 3 rings (SSSR count). The molecule has 0 spiro atoms. The number of anilines is 1. The summed E-state index contributed by atoms with van der Waals surface area (Å²) in [7, 11) is -3.98. The van der Waals surface area contributed by atoms with Gasteiger partial charge in [-0.1, -0.05) is 35.9 Å². The number of hydrogen-bond acceptors (Lipinski definition) is 5. The van der Waals surface area contributed by atoms with Crippen LogP contribution < -0.4 is 19.1 Å². The highest BCUT2D eigenvalue weighted by atomic mass is 35.5. The Labute approximate surface area is 205 Å². The number of nitrogens with zero attached hydrogens (tertiary/aromatic N) is 1. The van der Waals surface area contributed by atoms with Gasteiger partial charge < -0.3 is 14.8 Å². The van der Waals surface area contributed by atoms with Gasteiger partial charge in [0.1, 0.15) is 6.54 Å². The molecule has 0 aliphatic carbocycles. The summed E-state index contributed by atoms with van der Waals surface area (Å²) in [5.74, 6) is 0.758. The molecule has 0 heterocycles. The molecular formula is C25H27ClN2O5S. The lowest BCUT2D eigenvalue weighted by Crippen LogP contribution is -2.40. The van der Waals surface area contributed by atoms with Crippen LogP contribution in [0.1, 0.15) is 19.4 Å². The zero-order valence-electron chi connectivity index (χ0n) is 19.0. The van der Waals surface area contributed by atoms with E-state index in [1.165, 1.54) is 12.1 Å². The van der Waals surface area contributed by atoms with E-state index < -0.39 is 22.5 Å². The van der Waals surface area contributed by atoms with Crippen molar-refractivity contribution in [3.05, 3.63) is 83.4 Å². The molecule has 0 aliphatic heterocycles. The van der Waals surface area contributed by atoms with Gasteiger partial charge >= 0.3 is 0 Å². The molecule has 0 aliphatic rings. The molecule has 0 unspecified atom stereocenters. The van der Waals surface area contributed by atoms with E-state index in [-0.39, 0.29) is 11.4 Å². The van der Waals surface area contributed by atoms with Crippen molar-refractivity contribution in [2.24, 2.45) is 0 Å². The zero-order valence-corrected chi connectivity index (χ0v) is 20.6. The first-order chi connectivity index (χ1) is 16.3. The molecule has 1 N–H and O–H groups in total. The Hall–Kier alpha value is -3.23. The molecule has 180 valence electrons. The molecule has 0 bridgehead atoms. The number of sulfonamides is 1. The van der Waals surface area contributed by atoms with E-state index in [4.69, 9.17) is 21.1 Å². The maximum atomic E-state index is 13.3. The summed E-state index contributed by atoms with van der Waals surface area (Å²) in [5.41, 5.74) is 1.13. The van der Waals surface area contributed by atoms with E-state index in [9.17, 15) is 13.2 Å². The number of carbonyl (C=O) groups is 1. The molecule has 0 atom stereocenters. The summed E-state index contributed by atoms with van der Waals surface area (Å²) in [6.07, 6.45) is 0. The number of ether oxygens (including phenoxy) is 2. The third kappa shape index (κ3) is 6.42. The van der Waals surface area contributed by atoms with E-state index in [1.54, 1.807) is 54.6 Å². The van der Waals surface area contributed by atoms with Crippen molar-refractivity contribution in [2.45, 2.75) is 25.3 Å². The molecule has 0 fully saturated rings. The maximum absolute atomic E-state index is 13.3. The lowest BCUT2D eigenvalue weighted by molar-refractivity contribution is -0.119. The molecule has 34 heavy (non-hydrogen) atoms. The Morgan fingerprint density at radius 3 is 2.21 bits per heavy atom. The van der Waals surface area contributed by atoms with Gasteiger partial charge in [0, 0.05) is 11.6 Å². The quantitative estimate of drug-likeness (QED) is 0.412. The van der Waals surface area contributed by atoms with Crippen LogP contribution in [0.2, 0.25) is 5.02 Å². The van der Waals surface area contributed by atoms with Crippen LogP contribution in [0.4, 0.5) is 5.69 Å². The van der Waals surface area contributed by atoms with Crippen LogP contribution in [0.25, 0.3) is 0 Å². The Bertz CT molecular complexity index is 1200. The van der Waals surface area contributed by atoms with Gasteiger partial charge in [0.25, 0.3) is 10.0 Å². The largest absolute Gasteiger partial charge is 0.490 e. The van der Waals surface area contributed by atoms with Crippen LogP contribution in [0.5, 0.6) is 11.5 Å². The number of carbonyl (C=O) groups excluding carboxylic acids is 1. The molecule has 1 amide bonds. The topological polar surface area (TPSA) is 84.9 Å². The fraction of sp³-hybridized carbons (Fsp3) is 0.240. The number of rotatable bonds is 11. The van der Waals surface area contributed by atoms with Crippen LogP contribution in [0, 0.1) is 0 Å². The van der Waals surface area contributed by atoms with Crippen LogP contribution in [-0.4, -0.2) is 34.1 Å². The lowest BCUT2D eigenvalue weighted by atomic mass is 10.2. The van der Waals surface area contributed by atoms with E-state index in [2.05, 4.69) is 5.32 Å². The molecule has 9 heteroatoms. The van der Waals surface area contributed by atoms with Crippen molar-refractivity contribution in [3.63, 3.8) is 0 Å². The minimum atomic E-state index is -3.98. The van der Waals surface area contributed by atoms with Crippen molar-refractivity contribution in [2.75, 3.05) is 24.1 Å². The normalized spacial score (nSPS) is 11.0. The third-order valence-electron chi connectivity index (χ3n) is 4.83. The Kier molecular flexibility index (Phi) is 8.79. The number of amides is 1. The summed E-state index contributed by atoms with van der Waals surface area (Å²) >= 11 is 5.97. The third-order valence-corrected chi connectivity index (χ3v) is 6.87. The van der Waals surface area contributed by atoms with Crippen molar-refractivity contribution in [1.29, 1.82) is 0 Å². The summed E-state index contributed by atoms with van der Waals surface area (Å²) in [6, 6.07) is 19.7. The highest BCUT2D eigenvalue weighted by Gasteiger charge is 2.27. The molecule has 3 aromatic carbocycles. The Morgan fingerprint density at radius 2 is 1.56 bits per heavy atom. The van der Waals surface area contributed by atoms with Gasteiger partial charge in [-0.15, -0.1) is 0 Å². The van der Waals surface area contributed by atoms with Crippen LogP contribution in [0.15, 0.2) is 77.7 Å². The fourth-order valence-corrected chi connectivity index (χ4v) is 4.80. The molecule has 7 nitrogen and oxygen atoms in total. The summed E-state index contributed by atoms with van der Waals surface area (Å²) in [4.78, 5) is 12.9. The van der Waals surface area contributed by atoms with Crippen molar-refractivity contribution in [3.8, 4) is 11.5 Å². The van der Waals surface area contributed by atoms with E-state index >= 15 is 0 Å². The molecular weight excluding hydrogens is 476 g/mol. The van der Waals surface area contributed by atoms with Crippen molar-refractivity contribution < 1.29 is 22.7 Å². The van der Waals surface area contributed by atoms with Crippen molar-refractivity contribution >= 4 is 33.2 Å². The second-order valence-electron chi connectivity index (χ2n) is 7.22. The number of halogens is 1. The smallest absolute Gasteiger partial charge is 0.264 e. The van der Waals surface area contributed by atoms with Gasteiger partial charge in [0.05, 0.1) is 23.8 Å². The monoisotopic (exact) mass is 502 g/mol. The van der Waals surface area contributed by atoms with Gasteiger partial charge in [-0.05, 0) is 67.9 Å². The van der Waals surface area contributed by atoms with E-state index in [0.717, 1.165) is 9.87 Å². The predicted molar refractivity (Wildman–Crippen MR) is 133 cm³/mol. The van der Waals surface area contributed by atoms with Gasteiger partial charge in [-0.25, -0.2) is 8.42 Å². The average molecular weight is 503 g/mol. The van der Waals surface area contributed by atoms with E-state index in [0.29, 0.717) is 35.4 Å². The summed E-state index contributed by atoms with van der Waals surface area (Å²) in [5, 5.41) is 3.25.